The van der Waals surface area contributed by atoms with Crippen LogP contribution in [0.1, 0.15) is 30.8 Å². The van der Waals surface area contributed by atoms with Crippen LogP contribution in [0.15, 0.2) is 12.4 Å². The van der Waals surface area contributed by atoms with Gasteiger partial charge in [-0.1, -0.05) is 6.92 Å². The Morgan fingerprint density at radius 2 is 2.19 bits per heavy atom. The predicted molar refractivity (Wildman–Crippen MR) is 60.7 cm³/mol. The van der Waals surface area contributed by atoms with Gasteiger partial charge in [-0.05, 0) is 19.3 Å². The predicted octanol–water partition coefficient (Wildman–Crippen LogP) is 0.929. The van der Waals surface area contributed by atoms with Gasteiger partial charge in [-0.3, -0.25) is 4.79 Å². The Morgan fingerprint density at radius 1 is 1.44 bits per heavy atom. The molecule has 1 fully saturated rings. The lowest BCUT2D eigenvalue weighted by Gasteiger charge is -2.20. The fourth-order valence-corrected chi connectivity index (χ4v) is 2.18. The van der Waals surface area contributed by atoms with Crippen LogP contribution in [-0.4, -0.2) is 33.4 Å². The average Bonchev–Trinajstić information content (AvgIpc) is 2.58. The number of carbonyl (C=O) groups excluding carboxylic acids is 1. The smallest absolute Gasteiger partial charge is 0.274 e. The Morgan fingerprint density at radius 3 is 2.69 bits per heavy atom. The number of hydrogen-bond acceptors (Lipinski definition) is 4. The van der Waals surface area contributed by atoms with Crippen molar-refractivity contribution in [3.8, 4) is 0 Å². The molecule has 2 rings (SSSR count). The molecule has 5 nitrogen and oxygen atoms in total. The summed E-state index contributed by atoms with van der Waals surface area (Å²) in [7, 11) is 0. The maximum Gasteiger partial charge on any atom is 0.274 e. The largest absolute Gasteiger partial charge is 0.382 e. The van der Waals surface area contributed by atoms with Crippen LogP contribution in [0.2, 0.25) is 0 Å². The molecule has 2 atom stereocenters. The van der Waals surface area contributed by atoms with Crippen molar-refractivity contribution in [2.24, 2.45) is 5.92 Å². The van der Waals surface area contributed by atoms with Gasteiger partial charge in [-0.15, -0.1) is 0 Å². The third kappa shape index (κ3) is 1.98. The highest BCUT2D eigenvalue weighted by atomic mass is 16.2. The zero-order valence-corrected chi connectivity index (χ0v) is 9.55. The molecule has 16 heavy (non-hydrogen) atoms. The standard InChI is InChI=1S/C11H16N4O/c1-7-3-8(2)15(6-7)11(16)9-4-14-10(12)5-13-9/h4-5,7-8H,3,6H2,1-2H3,(H2,12,14). The monoisotopic (exact) mass is 220 g/mol. The van der Waals surface area contributed by atoms with E-state index in [2.05, 4.69) is 23.8 Å². The molecule has 0 radical (unpaired) electrons. The molecule has 0 saturated carbocycles. The lowest BCUT2D eigenvalue weighted by Crippen LogP contribution is -2.34. The number of rotatable bonds is 1. The van der Waals surface area contributed by atoms with Crippen LogP contribution >= 0.6 is 0 Å². The Hall–Kier alpha value is -1.65. The van der Waals surface area contributed by atoms with Crippen LogP contribution in [0.25, 0.3) is 0 Å². The molecular formula is C11H16N4O. The number of carbonyl (C=O) groups is 1. The van der Waals surface area contributed by atoms with E-state index in [1.807, 2.05) is 4.90 Å². The third-order valence-electron chi connectivity index (χ3n) is 2.94. The van der Waals surface area contributed by atoms with Gasteiger partial charge < -0.3 is 10.6 Å². The van der Waals surface area contributed by atoms with Crippen molar-refractivity contribution in [2.75, 3.05) is 12.3 Å². The van der Waals surface area contributed by atoms with Gasteiger partial charge in [0, 0.05) is 12.6 Å². The van der Waals surface area contributed by atoms with Crippen LogP contribution in [0.5, 0.6) is 0 Å². The van der Waals surface area contributed by atoms with Crippen LogP contribution in [0.4, 0.5) is 5.82 Å². The third-order valence-corrected chi connectivity index (χ3v) is 2.94. The molecule has 0 bridgehead atoms. The van der Waals surface area contributed by atoms with E-state index in [1.54, 1.807) is 0 Å². The molecule has 0 spiro atoms. The van der Waals surface area contributed by atoms with E-state index < -0.39 is 0 Å². The molecular weight excluding hydrogens is 204 g/mol. The number of amides is 1. The Bertz CT molecular complexity index is 389. The zero-order valence-electron chi connectivity index (χ0n) is 9.55. The molecule has 0 aliphatic carbocycles. The average molecular weight is 220 g/mol. The maximum absolute atomic E-state index is 12.1. The number of nitrogens with zero attached hydrogens (tertiary/aromatic N) is 3. The lowest BCUT2D eigenvalue weighted by atomic mass is 10.1. The summed E-state index contributed by atoms with van der Waals surface area (Å²) in [6, 6.07) is 0.279. The van der Waals surface area contributed by atoms with Crippen molar-refractivity contribution in [1.82, 2.24) is 14.9 Å². The molecule has 1 aromatic rings. The minimum absolute atomic E-state index is 0.0515. The summed E-state index contributed by atoms with van der Waals surface area (Å²) in [6.07, 6.45) is 3.90. The fourth-order valence-electron chi connectivity index (χ4n) is 2.18. The van der Waals surface area contributed by atoms with Gasteiger partial charge in [0.05, 0.1) is 12.4 Å². The number of anilines is 1. The minimum Gasteiger partial charge on any atom is -0.382 e. The van der Waals surface area contributed by atoms with Gasteiger partial charge in [-0.25, -0.2) is 9.97 Å². The van der Waals surface area contributed by atoms with E-state index in [1.165, 1.54) is 12.4 Å². The van der Waals surface area contributed by atoms with Crippen molar-refractivity contribution in [2.45, 2.75) is 26.3 Å². The van der Waals surface area contributed by atoms with Gasteiger partial charge in [0.25, 0.3) is 5.91 Å². The molecule has 2 N–H and O–H groups in total. The normalized spacial score (nSPS) is 24.8. The van der Waals surface area contributed by atoms with E-state index >= 15 is 0 Å². The molecule has 1 amide bonds. The van der Waals surface area contributed by atoms with Crippen LogP contribution < -0.4 is 5.73 Å². The molecule has 86 valence electrons. The summed E-state index contributed by atoms with van der Waals surface area (Å²) in [4.78, 5) is 21.8. The molecule has 2 unspecified atom stereocenters. The SMILES string of the molecule is CC1CC(C)N(C(=O)c2cnc(N)cn2)C1. The van der Waals surface area contributed by atoms with E-state index in [4.69, 9.17) is 5.73 Å². The first kappa shape index (κ1) is 10.9. The Kier molecular flexibility index (Phi) is 2.77. The maximum atomic E-state index is 12.1. The van der Waals surface area contributed by atoms with E-state index in [-0.39, 0.29) is 11.9 Å². The molecule has 1 aliphatic heterocycles. The summed E-state index contributed by atoms with van der Waals surface area (Å²) >= 11 is 0. The topological polar surface area (TPSA) is 72.1 Å². The first-order chi connectivity index (χ1) is 7.58. The van der Waals surface area contributed by atoms with Crippen LogP contribution in [0, 0.1) is 5.92 Å². The quantitative estimate of drug-likeness (QED) is 0.764. The number of hydrogen-bond donors (Lipinski definition) is 1. The highest BCUT2D eigenvalue weighted by Crippen LogP contribution is 2.23. The summed E-state index contributed by atoms with van der Waals surface area (Å²) in [5, 5.41) is 0. The second kappa shape index (κ2) is 4.08. The number of nitrogen functional groups attached to an aromatic ring is 1. The highest BCUT2D eigenvalue weighted by molar-refractivity contribution is 5.92. The Labute approximate surface area is 94.7 Å². The summed E-state index contributed by atoms with van der Waals surface area (Å²) < 4.78 is 0. The molecule has 1 aromatic heterocycles. The summed E-state index contributed by atoms with van der Waals surface area (Å²) in [6.45, 7) is 5.01. The second-order valence-corrected chi connectivity index (χ2v) is 4.47. The summed E-state index contributed by atoms with van der Waals surface area (Å²) in [5.41, 5.74) is 5.80. The Balaban J connectivity index is 2.16. The van der Waals surface area contributed by atoms with Gasteiger partial charge in [0.2, 0.25) is 0 Å². The van der Waals surface area contributed by atoms with Gasteiger partial charge in [0.1, 0.15) is 11.5 Å². The first-order valence-corrected chi connectivity index (χ1v) is 5.46. The number of nitrogens with two attached hydrogens (primary N) is 1. The van der Waals surface area contributed by atoms with Gasteiger partial charge >= 0.3 is 0 Å². The van der Waals surface area contributed by atoms with Crippen molar-refractivity contribution in [1.29, 1.82) is 0 Å². The number of aromatic nitrogens is 2. The van der Waals surface area contributed by atoms with Crippen molar-refractivity contribution in [3.05, 3.63) is 18.1 Å². The lowest BCUT2D eigenvalue weighted by molar-refractivity contribution is 0.0737. The van der Waals surface area contributed by atoms with E-state index in [9.17, 15) is 4.79 Å². The fraction of sp³-hybridized carbons (Fsp3) is 0.545. The molecule has 0 aromatic carbocycles. The van der Waals surface area contributed by atoms with E-state index in [0.717, 1.165) is 13.0 Å². The van der Waals surface area contributed by atoms with Gasteiger partial charge in [-0.2, -0.15) is 0 Å². The highest BCUT2D eigenvalue weighted by Gasteiger charge is 2.31. The first-order valence-electron chi connectivity index (χ1n) is 5.46. The molecule has 5 heteroatoms. The molecule has 1 saturated heterocycles. The summed E-state index contributed by atoms with van der Waals surface area (Å²) in [5.74, 6) is 0.837. The zero-order chi connectivity index (χ0) is 11.7. The second-order valence-electron chi connectivity index (χ2n) is 4.47. The van der Waals surface area contributed by atoms with Crippen molar-refractivity contribution < 1.29 is 4.79 Å². The van der Waals surface area contributed by atoms with Crippen molar-refractivity contribution in [3.63, 3.8) is 0 Å². The van der Waals surface area contributed by atoms with Crippen LogP contribution in [0.3, 0.4) is 0 Å². The number of likely N-dealkylation sites (tertiary alicyclic amines) is 1. The molecule has 1 aliphatic rings. The van der Waals surface area contributed by atoms with Crippen molar-refractivity contribution >= 4 is 11.7 Å². The minimum atomic E-state index is -0.0515. The van der Waals surface area contributed by atoms with Gasteiger partial charge in [0.15, 0.2) is 0 Å². The van der Waals surface area contributed by atoms with Crippen LogP contribution in [-0.2, 0) is 0 Å². The molecule has 2 heterocycles. The van der Waals surface area contributed by atoms with E-state index in [0.29, 0.717) is 17.4 Å².